The van der Waals surface area contributed by atoms with Crippen molar-refractivity contribution in [1.82, 2.24) is 20.0 Å². The lowest BCUT2D eigenvalue weighted by Crippen LogP contribution is -2.46. The van der Waals surface area contributed by atoms with Crippen LogP contribution < -0.4 is 5.32 Å². The first-order chi connectivity index (χ1) is 9.40. The second-order valence-electron chi connectivity index (χ2n) is 5.83. The number of carbonyl (C=O) groups excluding carboxylic acids is 2. The quantitative estimate of drug-likeness (QED) is 0.721. The van der Waals surface area contributed by atoms with Crippen LogP contribution in [0.5, 0.6) is 0 Å². The maximum atomic E-state index is 11.6. The van der Waals surface area contributed by atoms with Crippen LogP contribution in [0.3, 0.4) is 0 Å². The van der Waals surface area contributed by atoms with Gasteiger partial charge in [0.25, 0.3) is 0 Å². The molecule has 6 nitrogen and oxygen atoms in total. The van der Waals surface area contributed by atoms with E-state index >= 15 is 0 Å². The number of hydrogen-bond donors (Lipinski definition) is 1. The predicted molar refractivity (Wildman–Crippen MR) is 79.5 cm³/mol. The summed E-state index contributed by atoms with van der Waals surface area (Å²) in [4.78, 5) is 28.5. The molecule has 0 aromatic heterocycles. The minimum Gasteiger partial charge on any atom is -0.349 e. The van der Waals surface area contributed by atoms with Gasteiger partial charge in [-0.3, -0.25) is 14.5 Å². The van der Waals surface area contributed by atoms with Gasteiger partial charge in [-0.15, -0.1) is 0 Å². The van der Waals surface area contributed by atoms with Crippen LogP contribution >= 0.6 is 0 Å². The molecule has 1 saturated heterocycles. The fourth-order valence-electron chi connectivity index (χ4n) is 2.23. The third kappa shape index (κ3) is 5.88. The summed E-state index contributed by atoms with van der Waals surface area (Å²) in [6.07, 6.45) is 2.63. The molecular weight excluding hydrogens is 256 g/mol. The highest BCUT2D eigenvalue weighted by Gasteiger charge is 2.21. The Morgan fingerprint density at radius 1 is 1.05 bits per heavy atom. The SMILES string of the molecule is CN(C)C(=O)CCNC1CCN(CC(=O)N(C)C)CC1. The second kappa shape index (κ2) is 8.21. The largest absolute Gasteiger partial charge is 0.349 e. The van der Waals surface area contributed by atoms with Crippen LogP contribution in [0.2, 0.25) is 0 Å². The highest BCUT2D eigenvalue weighted by atomic mass is 16.2. The topological polar surface area (TPSA) is 55.9 Å². The maximum absolute atomic E-state index is 11.6. The van der Waals surface area contributed by atoms with Gasteiger partial charge in [0.05, 0.1) is 6.54 Å². The van der Waals surface area contributed by atoms with Crippen molar-refractivity contribution in [1.29, 1.82) is 0 Å². The molecule has 20 heavy (non-hydrogen) atoms. The first kappa shape index (κ1) is 16.9. The molecule has 0 saturated carbocycles. The predicted octanol–water partition coefficient (Wildman–Crippen LogP) is -0.393. The Balaban J connectivity index is 2.16. The number of nitrogens with one attached hydrogen (secondary N) is 1. The van der Waals surface area contributed by atoms with E-state index in [4.69, 9.17) is 0 Å². The first-order valence-electron chi connectivity index (χ1n) is 7.26. The van der Waals surface area contributed by atoms with Gasteiger partial charge < -0.3 is 15.1 Å². The smallest absolute Gasteiger partial charge is 0.236 e. The lowest BCUT2D eigenvalue weighted by Gasteiger charge is -2.32. The van der Waals surface area contributed by atoms with Crippen molar-refractivity contribution in [2.45, 2.75) is 25.3 Å². The van der Waals surface area contributed by atoms with Crippen LogP contribution in [-0.4, -0.2) is 86.9 Å². The molecule has 2 amide bonds. The van der Waals surface area contributed by atoms with Crippen LogP contribution in [0, 0.1) is 0 Å². The summed E-state index contributed by atoms with van der Waals surface area (Å²) in [7, 11) is 7.14. The molecule has 1 fully saturated rings. The van der Waals surface area contributed by atoms with E-state index in [0.29, 0.717) is 19.0 Å². The number of piperidine rings is 1. The Morgan fingerprint density at radius 2 is 1.60 bits per heavy atom. The zero-order valence-electron chi connectivity index (χ0n) is 13.2. The molecule has 1 rings (SSSR count). The van der Waals surface area contributed by atoms with E-state index in [1.807, 2.05) is 0 Å². The average Bonchev–Trinajstić information content (AvgIpc) is 2.40. The van der Waals surface area contributed by atoms with Gasteiger partial charge in [-0.1, -0.05) is 0 Å². The standard InChI is InChI=1S/C14H28N4O2/c1-16(2)13(19)5-8-15-12-6-9-18(10-7-12)11-14(20)17(3)4/h12,15H,5-11H2,1-4H3. The third-order valence-electron chi connectivity index (χ3n) is 3.72. The highest BCUT2D eigenvalue weighted by Crippen LogP contribution is 2.10. The van der Waals surface area contributed by atoms with Crippen LogP contribution in [0.15, 0.2) is 0 Å². The van der Waals surface area contributed by atoms with Gasteiger partial charge in [0.1, 0.15) is 0 Å². The third-order valence-corrected chi connectivity index (χ3v) is 3.72. The zero-order chi connectivity index (χ0) is 15.1. The van der Waals surface area contributed by atoms with Crippen molar-refractivity contribution in [3.63, 3.8) is 0 Å². The molecule has 0 unspecified atom stereocenters. The average molecular weight is 284 g/mol. The van der Waals surface area contributed by atoms with Gasteiger partial charge in [0.15, 0.2) is 0 Å². The Labute approximate surface area is 122 Å². The van der Waals surface area contributed by atoms with Gasteiger partial charge in [-0.25, -0.2) is 0 Å². The van der Waals surface area contributed by atoms with E-state index in [1.165, 1.54) is 0 Å². The van der Waals surface area contributed by atoms with E-state index < -0.39 is 0 Å². The number of nitrogens with zero attached hydrogens (tertiary/aromatic N) is 3. The minimum atomic E-state index is 0.159. The molecule has 0 aromatic rings. The van der Waals surface area contributed by atoms with Crippen LogP contribution in [0.1, 0.15) is 19.3 Å². The molecule has 1 aliphatic heterocycles. The number of rotatable bonds is 6. The van der Waals surface area contributed by atoms with Crippen LogP contribution in [-0.2, 0) is 9.59 Å². The molecule has 0 aromatic carbocycles. The van der Waals surface area contributed by atoms with E-state index in [2.05, 4.69) is 10.2 Å². The number of likely N-dealkylation sites (N-methyl/N-ethyl adjacent to an activating group) is 1. The van der Waals surface area contributed by atoms with Crippen LogP contribution in [0.25, 0.3) is 0 Å². The number of hydrogen-bond acceptors (Lipinski definition) is 4. The molecule has 116 valence electrons. The molecule has 1 heterocycles. The van der Waals surface area contributed by atoms with E-state index in [9.17, 15) is 9.59 Å². The Hall–Kier alpha value is -1.14. The summed E-state index contributed by atoms with van der Waals surface area (Å²) in [5, 5.41) is 3.43. The van der Waals surface area contributed by atoms with Gasteiger partial charge in [0, 0.05) is 60.3 Å². The Morgan fingerprint density at radius 3 is 2.10 bits per heavy atom. The van der Waals surface area contributed by atoms with E-state index in [0.717, 1.165) is 32.5 Å². The lowest BCUT2D eigenvalue weighted by atomic mass is 10.0. The Bertz CT molecular complexity index is 323. The molecule has 0 atom stereocenters. The molecule has 0 bridgehead atoms. The molecule has 1 aliphatic rings. The fraction of sp³-hybridized carbons (Fsp3) is 0.857. The summed E-state index contributed by atoms with van der Waals surface area (Å²) in [5.74, 6) is 0.319. The highest BCUT2D eigenvalue weighted by molar-refractivity contribution is 5.77. The van der Waals surface area contributed by atoms with E-state index in [1.54, 1.807) is 38.0 Å². The molecule has 0 radical (unpaired) electrons. The van der Waals surface area contributed by atoms with Gasteiger partial charge in [0.2, 0.25) is 11.8 Å². The maximum Gasteiger partial charge on any atom is 0.236 e. The van der Waals surface area contributed by atoms with Crippen LogP contribution in [0.4, 0.5) is 0 Å². The summed E-state index contributed by atoms with van der Waals surface area (Å²) >= 11 is 0. The van der Waals surface area contributed by atoms with Gasteiger partial charge in [-0.2, -0.15) is 0 Å². The monoisotopic (exact) mass is 284 g/mol. The van der Waals surface area contributed by atoms with E-state index in [-0.39, 0.29) is 11.8 Å². The molecule has 0 aliphatic carbocycles. The number of likely N-dealkylation sites (tertiary alicyclic amines) is 1. The Kier molecular flexibility index (Phi) is 6.95. The second-order valence-corrected chi connectivity index (χ2v) is 5.83. The van der Waals surface area contributed by atoms with Crippen molar-refractivity contribution in [3.05, 3.63) is 0 Å². The van der Waals surface area contributed by atoms with Crippen molar-refractivity contribution < 1.29 is 9.59 Å². The normalized spacial score (nSPS) is 17.0. The number of carbonyl (C=O) groups is 2. The van der Waals surface area contributed by atoms with Crippen molar-refractivity contribution in [3.8, 4) is 0 Å². The number of amides is 2. The lowest BCUT2D eigenvalue weighted by molar-refractivity contribution is -0.130. The molecule has 0 spiro atoms. The molecular formula is C14H28N4O2. The van der Waals surface area contributed by atoms with Crippen molar-refractivity contribution in [2.75, 3.05) is 54.4 Å². The van der Waals surface area contributed by atoms with Crippen molar-refractivity contribution in [2.24, 2.45) is 0 Å². The zero-order valence-corrected chi connectivity index (χ0v) is 13.2. The molecule has 6 heteroatoms. The summed E-state index contributed by atoms with van der Waals surface area (Å²) in [6.45, 7) is 3.13. The molecule has 1 N–H and O–H groups in total. The fourth-order valence-corrected chi connectivity index (χ4v) is 2.23. The van der Waals surface area contributed by atoms with Crippen molar-refractivity contribution >= 4 is 11.8 Å². The summed E-state index contributed by atoms with van der Waals surface area (Å²) < 4.78 is 0. The minimum absolute atomic E-state index is 0.159. The van der Waals surface area contributed by atoms with Gasteiger partial charge in [-0.05, 0) is 12.8 Å². The summed E-state index contributed by atoms with van der Waals surface area (Å²) in [5.41, 5.74) is 0. The summed E-state index contributed by atoms with van der Waals surface area (Å²) in [6, 6.07) is 0.468. The van der Waals surface area contributed by atoms with Gasteiger partial charge >= 0.3 is 0 Å². The first-order valence-corrected chi connectivity index (χ1v) is 7.26.